The summed E-state index contributed by atoms with van der Waals surface area (Å²) >= 11 is 1.06. The highest BCUT2D eigenvalue weighted by molar-refractivity contribution is 6.99. The highest BCUT2D eigenvalue weighted by Gasteiger charge is 2.18. The summed E-state index contributed by atoms with van der Waals surface area (Å²) in [7, 11) is 0. The van der Waals surface area contributed by atoms with Crippen molar-refractivity contribution in [3.8, 4) is 0 Å². The zero-order valence-electron chi connectivity index (χ0n) is 7.53. The van der Waals surface area contributed by atoms with E-state index in [9.17, 15) is 5.11 Å². The molecule has 0 fully saturated rings. The minimum absolute atomic E-state index is 0.500. The Morgan fingerprint density at radius 2 is 2.50 bits per heavy atom. The molecule has 7 heteroatoms. The first-order valence-corrected chi connectivity index (χ1v) is 4.89. The second-order valence-corrected chi connectivity index (χ2v) is 3.23. The Kier molecular flexibility index (Phi) is 2.51. The number of hydrogen-bond donors (Lipinski definition) is 1. The van der Waals surface area contributed by atoms with Gasteiger partial charge < -0.3 is 5.11 Å². The summed E-state index contributed by atoms with van der Waals surface area (Å²) in [5, 5.41) is 13.8. The number of hydrogen-bond acceptors (Lipinski definition) is 6. The summed E-state index contributed by atoms with van der Waals surface area (Å²) < 4.78 is 9.40. The Bertz CT molecular complexity index is 398. The lowest BCUT2D eigenvalue weighted by Gasteiger charge is -2.06. The van der Waals surface area contributed by atoms with Gasteiger partial charge in [0.25, 0.3) is 0 Å². The van der Waals surface area contributed by atoms with E-state index in [-0.39, 0.29) is 0 Å². The number of nitrogens with zero attached hydrogens (tertiary/aromatic N) is 5. The summed E-state index contributed by atoms with van der Waals surface area (Å²) in [5.74, 6) is 0.500. The average molecular weight is 211 g/mol. The molecule has 0 amide bonds. The maximum Gasteiger partial charge on any atom is 0.162 e. The summed E-state index contributed by atoms with van der Waals surface area (Å²) in [6, 6.07) is 0. The first-order chi connectivity index (χ1) is 6.83. The van der Waals surface area contributed by atoms with E-state index in [1.165, 1.54) is 12.5 Å². The van der Waals surface area contributed by atoms with E-state index in [1.54, 1.807) is 4.68 Å². The van der Waals surface area contributed by atoms with Crippen LogP contribution in [0.1, 0.15) is 24.5 Å². The van der Waals surface area contributed by atoms with E-state index >= 15 is 0 Å². The molecule has 2 aromatic heterocycles. The fourth-order valence-electron chi connectivity index (χ4n) is 1.15. The molecule has 0 aromatic carbocycles. The van der Waals surface area contributed by atoms with E-state index in [4.69, 9.17) is 0 Å². The lowest BCUT2D eigenvalue weighted by Crippen LogP contribution is -2.10. The van der Waals surface area contributed by atoms with Crippen molar-refractivity contribution in [2.24, 2.45) is 0 Å². The predicted molar refractivity (Wildman–Crippen MR) is 49.7 cm³/mol. The van der Waals surface area contributed by atoms with Crippen LogP contribution in [0, 0.1) is 0 Å². The zero-order valence-corrected chi connectivity index (χ0v) is 8.35. The number of aromatic nitrogens is 5. The molecular formula is C7H9N5OS. The third-order valence-corrected chi connectivity index (χ3v) is 2.34. The van der Waals surface area contributed by atoms with E-state index in [0.717, 1.165) is 11.7 Å². The molecule has 0 aliphatic rings. The molecule has 2 aromatic rings. The molecule has 74 valence electrons. The molecule has 2 heterocycles. The minimum atomic E-state index is -0.837. The summed E-state index contributed by atoms with van der Waals surface area (Å²) in [6.45, 7) is 2.61. The van der Waals surface area contributed by atoms with Gasteiger partial charge in [-0.2, -0.15) is 13.8 Å². The van der Waals surface area contributed by atoms with Crippen LogP contribution in [0.15, 0.2) is 12.5 Å². The lowest BCUT2D eigenvalue weighted by molar-refractivity contribution is 0.199. The topological polar surface area (TPSA) is 76.7 Å². The molecule has 14 heavy (non-hydrogen) atoms. The number of rotatable bonds is 3. The Morgan fingerprint density at radius 3 is 3.14 bits per heavy atom. The van der Waals surface area contributed by atoms with Crippen LogP contribution in [0.25, 0.3) is 0 Å². The van der Waals surface area contributed by atoms with Gasteiger partial charge in [-0.05, 0) is 6.92 Å². The van der Waals surface area contributed by atoms with Gasteiger partial charge in [-0.15, -0.1) is 0 Å². The molecule has 0 saturated carbocycles. The molecule has 0 aliphatic carbocycles. The first kappa shape index (κ1) is 9.22. The van der Waals surface area contributed by atoms with Gasteiger partial charge in [-0.1, -0.05) is 0 Å². The summed E-state index contributed by atoms with van der Waals surface area (Å²) in [5.41, 5.74) is 0.512. The quantitative estimate of drug-likeness (QED) is 0.786. The smallest absolute Gasteiger partial charge is 0.162 e. The van der Waals surface area contributed by atoms with E-state index in [2.05, 4.69) is 18.8 Å². The fourth-order valence-corrected chi connectivity index (χ4v) is 1.60. The standard InChI is InChI=1S/C7H9N5OS/c1-2-12-7(8-4-9-12)6(13)5-3-10-14-11-5/h3-4,6,13H,2H2,1H3. The second-order valence-electron chi connectivity index (χ2n) is 2.67. The van der Waals surface area contributed by atoms with Crippen molar-refractivity contribution in [3.63, 3.8) is 0 Å². The van der Waals surface area contributed by atoms with Crippen molar-refractivity contribution < 1.29 is 5.11 Å². The van der Waals surface area contributed by atoms with Gasteiger partial charge in [0.1, 0.15) is 12.0 Å². The Labute approximate surface area is 84.6 Å². The fraction of sp³-hybridized carbons (Fsp3) is 0.429. The van der Waals surface area contributed by atoms with Crippen molar-refractivity contribution in [1.82, 2.24) is 23.5 Å². The third kappa shape index (κ3) is 1.51. The zero-order chi connectivity index (χ0) is 9.97. The number of aliphatic hydroxyl groups excluding tert-OH is 1. The molecule has 1 unspecified atom stereocenters. The second kappa shape index (κ2) is 3.81. The molecule has 0 radical (unpaired) electrons. The largest absolute Gasteiger partial charge is 0.379 e. The van der Waals surface area contributed by atoms with Crippen molar-refractivity contribution in [2.75, 3.05) is 0 Å². The molecular weight excluding hydrogens is 202 g/mol. The van der Waals surface area contributed by atoms with Crippen LogP contribution in [0.5, 0.6) is 0 Å². The van der Waals surface area contributed by atoms with Crippen LogP contribution in [0.4, 0.5) is 0 Å². The van der Waals surface area contributed by atoms with Gasteiger partial charge in [0, 0.05) is 6.54 Å². The molecule has 2 rings (SSSR count). The number of aryl methyl sites for hydroxylation is 1. The molecule has 1 atom stereocenters. The molecule has 0 bridgehead atoms. The van der Waals surface area contributed by atoms with Gasteiger partial charge in [-0.3, -0.25) is 0 Å². The van der Waals surface area contributed by atoms with Crippen LogP contribution < -0.4 is 0 Å². The van der Waals surface area contributed by atoms with Gasteiger partial charge >= 0.3 is 0 Å². The normalized spacial score (nSPS) is 13.0. The molecule has 0 spiro atoms. The van der Waals surface area contributed by atoms with Crippen LogP contribution in [0.3, 0.4) is 0 Å². The maximum absolute atomic E-state index is 9.86. The average Bonchev–Trinajstić information content (AvgIpc) is 2.87. The van der Waals surface area contributed by atoms with Gasteiger partial charge in [-0.25, -0.2) is 9.67 Å². The maximum atomic E-state index is 9.86. The van der Waals surface area contributed by atoms with Crippen molar-refractivity contribution in [1.29, 1.82) is 0 Å². The Hall–Kier alpha value is -1.34. The minimum Gasteiger partial charge on any atom is -0.379 e. The van der Waals surface area contributed by atoms with Crippen LogP contribution in [-0.4, -0.2) is 28.6 Å². The van der Waals surface area contributed by atoms with Gasteiger partial charge in [0.15, 0.2) is 11.9 Å². The van der Waals surface area contributed by atoms with E-state index in [1.807, 2.05) is 6.92 Å². The Balaban J connectivity index is 2.31. The van der Waals surface area contributed by atoms with E-state index < -0.39 is 6.10 Å². The highest BCUT2D eigenvalue weighted by atomic mass is 32.1. The molecule has 1 N–H and O–H groups in total. The molecule has 0 saturated heterocycles. The SMILES string of the molecule is CCn1ncnc1C(O)c1cnsn1. The Morgan fingerprint density at radius 1 is 1.64 bits per heavy atom. The summed E-state index contributed by atoms with van der Waals surface area (Å²) in [4.78, 5) is 3.98. The van der Waals surface area contributed by atoms with Gasteiger partial charge in [0.05, 0.1) is 17.9 Å². The lowest BCUT2D eigenvalue weighted by atomic mass is 10.2. The van der Waals surface area contributed by atoms with Crippen LogP contribution in [-0.2, 0) is 6.54 Å². The van der Waals surface area contributed by atoms with Gasteiger partial charge in [0.2, 0.25) is 0 Å². The molecule has 6 nitrogen and oxygen atoms in total. The van der Waals surface area contributed by atoms with Crippen LogP contribution in [0.2, 0.25) is 0 Å². The molecule has 0 aliphatic heterocycles. The monoisotopic (exact) mass is 211 g/mol. The third-order valence-electron chi connectivity index (χ3n) is 1.85. The predicted octanol–water partition coefficient (Wildman–Crippen LogP) is 0.231. The van der Waals surface area contributed by atoms with Crippen LogP contribution >= 0.6 is 11.7 Å². The van der Waals surface area contributed by atoms with Crippen molar-refractivity contribution >= 4 is 11.7 Å². The van der Waals surface area contributed by atoms with Crippen molar-refractivity contribution in [2.45, 2.75) is 19.6 Å². The first-order valence-electron chi connectivity index (χ1n) is 4.16. The highest BCUT2D eigenvalue weighted by Crippen LogP contribution is 2.17. The summed E-state index contributed by atoms with van der Waals surface area (Å²) in [6.07, 6.45) is 2.11. The van der Waals surface area contributed by atoms with Crippen molar-refractivity contribution in [3.05, 3.63) is 24.0 Å². The van der Waals surface area contributed by atoms with E-state index in [0.29, 0.717) is 18.1 Å². The number of aliphatic hydroxyl groups is 1.